The van der Waals surface area contributed by atoms with Crippen LogP contribution >= 0.6 is 0 Å². The maximum absolute atomic E-state index is 12.7. The SMILES string of the molecule is CCc1cc(=O)n(CC(=O)Nc2ccc(F)cc2)cn1. The molecule has 0 aliphatic carbocycles. The highest BCUT2D eigenvalue weighted by Crippen LogP contribution is 2.08. The van der Waals surface area contributed by atoms with Gasteiger partial charge in [-0.05, 0) is 30.7 Å². The molecule has 1 heterocycles. The van der Waals surface area contributed by atoms with Gasteiger partial charge in [0.1, 0.15) is 12.4 Å². The summed E-state index contributed by atoms with van der Waals surface area (Å²) in [7, 11) is 0. The molecule has 104 valence electrons. The maximum Gasteiger partial charge on any atom is 0.253 e. The molecule has 0 bridgehead atoms. The van der Waals surface area contributed by atoms with Gasteiger partial charge in [-0.25, -0.2) is 9.37 Å². The molecular formula is C14H14FN3O2. The van der Waals surface area contributed by atoms with E-state index in [1.807, 2.05) is 6.92 Å². The number of benzene rings is 1. The molecule has 0 aliphatic heterocycles. The Morgan fingerprint density at radius 2 is 2.05 bits per heavy atom. The van der Waals surface area contributed by atoms with E-state index in [1.165, 1.54) is 41.2 Å². The van der Waals surface area contributed by atoms with Crippen molar-refractivity contribution >= 4 is 11.6 Å². The lowest BCUT2D eigenvalue weighted by atomic mass is 10.3. The third kappa shape index (κ3) is 3.50. The van der Waals surface area contributed by atoms with Crippen LogP contribution < -0.4 is 10.9 Å². The van der Waals surface area contributed by atoms with Gasteiger partial charge in [0.25, 0.3) is 5.56 Å². The molecule has 0 radical (unpaired) electrons. The summed E-state index contributed by atoms with van der Waals surface area (Å²) in [5.74, 6) is -0.747. The second-order valence-corrected chi connectivity index (χ2v) is 4.26. The number of rotatable bonds is 4. The molecule has 0 saturated carbocycles. The first-order valence-corrected chi connectivity index (χ1v) is 6.19. The zero-order chi connectivity index (χ0) is 14.5. The molecular weight excluding hydrogens is 261 g/mol. The Morgan fingerprint density at radius 1 is 1.35 bits per heavy atom. The lowest BCUT2D eigenvalue weighted by Crippen LogP contribution is -2.27. The van der Waals surface area contributed by atoms with Crippen LogP contribution in [0.5, 0.6) is 0 Å². The van der Waals surface area contributed by atoms with Gasteiger partial charge < -0.3 is 5.32 Å². The van der Waals surface area contributed by atoms with Crippen molar-refractivity contribution in [3.63, 3.8) is 0 Å². The molecule has 1 N–H and O–H groups in total. The molecule has 1 aromatic carbocycles. The van der Waals surface area contributed by atoms with E-state index in [0.29, 0.717) is 17.8 Å². The Labute approximate surface area is 115 Å². The summed E-state index contributed by atoms with van der Waals surface area (Å²) in [6, 6.07) is 6.81. The number of hydrogen-bond donors (Lipinski definition) is 1. The number of amides is 1. The fourth-order valence-electron chi connectivity index (χ4n) is 1.66. The van der Waals surface area contributed by atoms with Crippen LogP contribution in [-0.4, -0.2) is 15.5 Å². The molecule has 6 heteroatoms. The van der Waals surface area contributed by atoms with Crippen LogP contribution in [0.3, 0.4) is 0 Å². The van der Waals surface area contributed by atoms with Gasteiger partial charge in [-0.1, -0.05) is 6.92 Å². The first kappa shape index (κ1) is 13.9. The van der Waals surface area contributed by atoms with Crippen LogP contribution in [0.4, 0.5) is 10.1 Å². The summed E-state index contributed by atoms with van der Waals surface area (Å²) in [5, 5.41) is 2.58. The van der Waals surface area contributed by atoms with Crippen molar-refractivity contribution in [1.29, 1.82) is 0 Å². The lowest BCUT2D eigenvalue weighted by molar-refractivity contribution is -0.116. The third-order valence-corrected chi connectivity index (χ3v) is 2.74. The summed E-state index contributed by atoms with van der Waals surface area (Å²) >= 11 is 0. The molecule has 2 aromatic rings. The van der Waals surface area contributed by atoms with Crippen molar-refractivity contribution in [3.05, 3.63) is 58.5 Å². The molecule has 5 nitrogen and oxygen atoms in total. The fourth-order valence-corrected chi connectivity index (χ4v) is 1.66. The average molecular weight is 275 g/mol. The van der Waals surface area contributed by atoms with E-state index >= 15 is 0 Å². The van der Waals surface area contributed by atoms with Gasteiger partial charge >= 0.3 is 0 Å². The number of carbonyl (C=O) groups is 1. The topological polar surface area (TPSA) is 64.0 Å². The molecule has 1 amide bonds. The molecule has 20 heavy (non-hydrogen) atoms. The number of aromatic nitrogens is 2. The highest BCUT2D eigenvalue weighted by molar-refractivity contribution is 5.90. The predicted molar refractivity (Wildman–Crippen MR) is 72.9 cm³/mol. The Kier molecular flexibility index (Phi) is 4.24. The van der Waals surface area contributed by atoms with E-state index in [1.54, 1.807) is 0 Å². The summed E-state index contributed by atoms with van der Waals surface area (Å²) < 4.78 is 13.9. The second-order valence-electron chi connectivity index (χ2n) is 4.26. The van der Waals surface area contributed by atoms with E-state index in [2.05, 4.69) is 10.3 Å². The van der Waals surface area contributed by atoms with Crippen LogP contribution in [0.2, 0.25) is 0 Å². The number of carbonyl (C=O) groups excluding carboxylic acids is 1. The van der Waals surface area contributed by atoms with Crippen molar-refractivity contribution in [3.8, 4) is 0 Å². The minimum absolute atomic E-state index is 0.132. The van der Waals surface area contributed by atoms with Crippen molar-refractivity contribution in [2.24, 2.45) is 0 Å². The molecule has 0 spiro atoms. The maximum atomic E-state index is 12.7. The van der Waals surface area contributed by atoms with Crippen LogP contribution in [0.1, 0.15) is 12.6 Å². The summed E-state index contributed by atoms with van der Waals surface area (Å²) in [5.41, 5.74) is 0.888. The van der Waals surface area contributed by atoms with Crippen molar-refractivity contribution < 1.29 is 9.18 Å². The largest absolute Gasteiger partial charge is 0.325 e. The smallest absolute Gasteiger partial charge is 0.253 e. The molecule has 0 aliphatic rings. The van der Waals surface area contributed by atoms with Gasteiger partial charge in [-0.3, -0.25) is 14.2 Å². The summed E-state index contributed by atoms with van der Waals surface area (Å²) in [6.07, 6.45) is 2.02. The van der Waals surface area contributed by atoms with Gasteiger partial charge in [0, 0.05) is 17.4 Å². The Bertz CT molecular complexity index is 665. The van der Waals surface area contributed by atoms with Gasteiger partial charge in [0.2, 0.25) is 5.91 Å². The molecule has 0 atom stereocenters. The van der Waals surface area contributed by atoms with Crippen LogP contribution in [0.15, 0.2) is 41.5 Å². The normalized spacial score (nSPS) is 10.3. The minimum Gasteiger partial charge on any atom is -0.325 e. The minimum atomic E-state index is -0.376. The number of hydrogen-bond acceptors (Lipinski definition) is 3. The number of anilines is 1. The van der Waals surface area contributed by atoms with Gasteiger partial charge in [0.15, 0.2) is 0 Å². The zero-order valence-electron chi connectivity index (χ0n) is 11.0. The number of halogens is 1. The van der Waals surface area contributed by atoms with E-state index in [-0.39, 0.29) is 23.8 Å². The zero-order valence-corrected chi connectivity index (χ0v) is 11.0. The van der Waals surface area contributed by atoms with Crippen LogP contribution in [-0.2, 0) is 17.8 Å². The van der Waals surface area contributed by atoms with Gasteiger partial charge in [-0.15, -0.1) is 0 Å². The number of nitrogens with one attached hydrogen (secondary N) is 1. The standard InChI is InChI=1S/C14H14FN3O2/c1-2-11-7-14(20)18(9-16-11)8-13(19)17-12-5-3-10(15)4-6-12/h3-7,9H,2,8H2,1H3,(H,17,19). The fraction of sp³-hybridized carbons (Fsp3) is 0.214. The van der Waals surface area contributed by atoms with Crippen molar-refractivity contribution in [2.75, 3.05) is 5.32 Å². The summed E-state index contributed by atoms with van der Waals surface area (Å²) in [4.78, 5) is 27.6. The van der Waals surface area contributed by atoms with Gasteiger partial charge in [-0.2, -0.15) is 0 Å². The number of nitrogens with zero attached hydrogens (tertiary/aromatic N) is 2. The molecule has 2 rings (SSSR count). The summed E-state index contributed by atoms with van der Waals surface area (Å²) in [6.45, 7) is 1.76. The molecule has 1 aromatic heterocycles. The highest BCUT2D eigenvalue weighted by Gasteiger charge is 2.06. The highest BCUT2D eigenvalue weighted by atomic mass is 19.1. The van der Waals surface area contributed by atoms with Crippen molar-refractivity contribution in [2.45, 2.75) is 19.9 Å². The Balaban J connectivity index is 2.04. The first-order valence-electron chi connectivity index (χ1n) is 6.19. The van der Waals surface area contributed by atoms with E-state index < -0.39 is 0 Å². The third-order valence-electron chi connectivity index (χ3n) is 2.74. The van der Waals surface area contributed by atoms with Crippen molar-refractivity contribution in [1.82, 2.24) is 9.55 Å². The average Bonchev–Trinajstić information content (AvgIpc) is 2.43. The quantitative estimate of drug-likeness (QED) is 0.921. The van der Waals surface area contributed by atoms with Gasteiger partial charge in [0.05, 0.1) is 6.33 Å². The van der Waals surface area contributed by atoms with Crippen LogP contribution in [0.25, 0.3) is 0 Å². The molecule has 0 saturated heterocycles. The molecule has 0 unspecified atom stereocenters. The Hall–Kier alpha value is -2.50. The van der Waals surface area contributed by atoms with E-state index in [9.17, 15) is 14.0 Å². The monoisotopic (exact) mass is 275 g/mol. The van der Waals surface area contributed by atoms with E-state index in [0.717, 1.165) is 0 Å². The second kappa shape index (κ2) is 6.10. The number of aryl methyl sites for hydroxylation is 1. The van der Waals surface area contributed by atoms with E-state index in [4.69, 9.17) is 0 Å². The lowest BCUT2D eigenvalue weighted by Gasteiger charge is -2.07. The molecule has 0 fully saturated rings. The first-order chi connectivity index (χ1) is 9.58. The Morgan fingerprint density at radius 3 is 2.65 bits per heavy atom. The predicted octanol–water partition coefficient (Wildman–Crippen LogP) is 1.58. The van der Waals surface area contributed by atoms with Crippen LogP contribution in [0, 0.1) is 5.82 Å².